The van der Waals surface area contributed by atoms with Gasteiger partial charge in [-0.2, -0.15) is 10.2 Å². The maximum atomic E-state index is 13.1. The van der Waals surface area contributed by atoms with Crippen molar-refractivity contribution in [1.82, 2.24) is 29.4 Å². The molecule has 1 amide bonds. The molecule has 4 heterocycles. The highest BCUT2D eigenvalue weighted by Gasteiger charge is 2.31. The Hall–Kier alpha value is -3.46. The monoisotopic (exact) mass is 434 g/mol. The molecule has 158 valence electrons. The van der Waals surface area contributed by atoms with Crippen LogP contribution in [0, 0.1) is 0 Å². The van der Waals surface area contributed by atoms with Crippen molar-refractivity contribution in [3.63, 3.8) is 0 Å². The molecule has 1 fully saturated rings. The number of rotatable bonds is 4. The fourth-order valence-electron chi connectivity index (χ4n) is 4.09. The Balaban J connectivity index is 1.41. The number of para-hydroxylation sites is 1. The lowest BCUT2D eigenvalue weighted by Crippen LogP contribution is -2.40. The highest BCUT2D eigenvalue weighted by Crippen LogP contribution is 2.28. The number of carbonyl (C=O) groups excluding carboxylic acids is 1. The molecule has 0 aliphatic carbocycles. The van der Waals surface area contributed by atoms with Gasteiger partial charge in [0.05, 0.1) is 16.3 Å². The van der Waals surface area contributed by atoms with Gasteiger partial charge in [0.2, 0.25) is 0 Å². The number of aromatic nitrogens is 5. The Bertz CT molecular complexity index is 1250. The van der Waals surface area contributed by atoms with Crippen LogP contribution in [0.3, 0.4) is 0 Å². The molecule has 0 unspecified atom stereocenters. The van der Waals surface area contributed by atoms with Crippen LogP contribution in [0.2, 0.25) is 0 Å². The zero-order valence-electron chi connectivity index (χ0n) is 17.1. The van der Waals surface area contributed by atoms with Gasteiger partial charge >= 0.3 is 5.69 Å². The van der Waals surface area contributed by atoms with Crippen molar-refractivity contribution in [1.29, 1.82) is 0 Å². The molecule has 1 atom stereocenters. The molecule has 1 saturated heterocycles. The van der Waals surface area contributed by atoms with E-state index in [0.29, 0.717) is 24.6 Å². The van der Waals surface area contributed by atoms with Crippen LogP contribution in [-0.4, -0.2) is 48.4 Å². The van der Waals surface area contributed by atoms with E-state index >= 15 is 0 Å². The van der Waals surface area contributed by atoms with Crippen LogP contribution in [0.1, 0.15) is 35.1 Å². The van der Waals surface area contributed by atoms with Crippen molar-refractivity contribution in [3.05, 3.63) is 75.9 Å². The molecule has 0 saturated carbocycles. The van der Waals surface area contributed by atoms with Gasteiger partial charge in [-0.1, -0.05) is 24.3 Å². The SMILES string of the molecule is Cn1nc([C@H]2CCCN(C(=O)c3cc(-c4cccs4)[nH]n3)C2)n(-c2ccccc2)c1=O. The van der Waals surface area contributed by atoms with Crippen LogP contribution in [0.15, 0.2) is 58.7 Å². The van der Waals surface area contributed by atoms with E-state index < -0.39 is 0 Å². The van der Waals surface area contributed by atoms with E-state index in [2.05, 4.69) is 15.3 Å². The maximum absolute atomic E-state index is 13.1. The Labute approximate surface area is 182 Å². The second-order valence-corrected chi connectivity index (χ2v) is 8.62. The number of amides is 1. The first-order valence-corrected chi connectivity index (χ1v) is 11.1. The average molecular weight is 435 g/mol. The van der Waals surface area contributed by atoms with Crippen LogP contribution in [0.25, 0.3) is 16.3 Å². The Morgan fingerprint density at radius 3 is 2.81 bits per heavy atom. The van der Waals surface area contributed by atoms with E-state index in [1.165, 1.54) is 4.68 Å². The number of aromatic amines is 1. The van der Waals surface area contributed by atoms with Crippen molar-refractivity contribution >= 4 is 17.2 Å². The van der Waals surface area contributed by atoms with Crippen molar-refractivity contribution in [2.75, 3.05) is 13.1 Å². The number of aryl methyl sites for hydroxylation is 1. The van der Waals surface area contributed by atoms with E-state index in [-0.39, 0.29) is 17.5 Å². The zero-order valence-corrected chi connectivity index (χ0v) is 17.9. The third-order valence-electron chi connectivity index (χ3n) is 5.62. The van der Waals surface area contributed by atoms with Crippen molar-refractivity contribution in [2.45, 2.75) is 18.8 Å². The van der Waals surface area contributed by atoms with Crippen LogP contribution in [0.5, 0.6) is 0 Å². The lowest BCUT2D eigenvalue weighted by Gasteiger charge is -2.31. The molecule has 0 radical (unpaired) electrons. The van der Waals surface area contributed by atoms with E-state index in [1.54, 1.807) is 29.0 Å². The number of carbonyl (C=O) groups is 1. The lowest BCUT2D eigenvalue weighted by atomic mass is 9.96. The van der Waals surface area contributed by atoms with Gasteiger partial charge < -0.3 is 4.90 Å². The number of H-pyrrole nitrogens is 1. The molecule has 1 N–H and O–H groups in total. The fourth-order valence-corrected chi connectivity index (χ4v) is 4.78. The highest BCUT2D eigenvalue weighted by atomic mass is 32.1. The normalized spacial score (nSPS) is 16.5. The topological polar surface area (TPSA) is 88.8 Å². The van der Waals surface area contributed by atoms with E-state index in [9.17, 15) is 9.59 Å². The molecule has 31 heavy (non-hydrogen) atoms. The molecule has 1 aromatic carbocycles. The summed E-state index contributed by atoms with van der Waals surface area (Å²) in [7, 11) is 1.66. The predicted molar refractivity (Wildman–Crippen MR) is 119 cm³/mol. The largest absolute Gasteiger partial charge is 0.350 e. The third kappa shape index (κ3) is 3.61. The van der Waals surface area contributed by atoms with Crippen LogP contribution in [-0.2, 0) is 7.05 Å². The van der Waals surface area contributed by atoms with Gasteiger partial charge in [0.1, 0.15) is 5.82 Å². The molecule has 8 nitrogen and oxygen atoms in total. The molecule has 3 aromatic heterocycles. The standard InChI is InChI=1S/C22H22N6O2S/c1-26-22(30)28(16-8-3-2-4-9-16)20(25-26)15-7-5-11-27(14-15)21(29)18-13-17(23-24-18)19-10-6-12-31-19/h2-4,6,8-10,12-13,15H,5,7,11,14H2,1H3,(H,23,24)/t15-/m0/s1. The smallest absolute Gasteiger partial charge is 0.337 e. The van der Waals surface area contributed by atoms with Crippen LogP contribution < -0.4 is 5.69 Å². The van der Waals surface area contributed by atoms with Gasteiger partial charge in [0.25, 0.3) is 5.91 Å². The molecule has 0 spiro atoms. The summed E-state index contributed by atoms with van der Waals surface area (Å²) in [5.41, 5.74) is 1.85. The van der Waals surface area contributed by atoms with Gasteiger partial charge in [0, 0.05) is 26.1 Å². The summed E-state index contributed by atoms with van der Waals surface area (Å²) in [6, 6.07) is 15.3. The van der Waals surface area contributed by atoms with Gasteiger partial charge in [-0.3, -0.25) is 9.89 Å². The van der Waals surface area contributed by atoms with Gasteiger partial charge in [-0.25, -0.2) is 14.0 Å². The maximum Gasteiger partial charge on any atom is 0.350 e. The summed E-state index contributed by atoms with van der Waals surface area (Å²) in [6.07, 6.45) is 1.71. The number of nitrogens with one attached hydrogen (secondary N) is 1. The molecule has 0 bridgehead atoms. The lowest BCUT2D eigenvalue weighted by molar-refractivity contribution is 0.0698. The van der Waals surface area contributed by atoms with Gasteiger partial charge in [-0.05, 0) is 42.5 Å². The first kappa shape index (κ1) is 19.5. The zero-order chi connectivity index (χ0) is 21.4. The van der Waals surface area contributed by atoms with Crippen LogP contribution in [0.4, 0.5) is 0 Å². The number of likely N-dealkylation sites (tertiary alicyclic amines) is 1. The van der Waals surface area contributed by atoms with Gasteiger partial charge in [0.15, 0.2) is 5.69 Å². The summed E-state index contributed by atoms with van der Waals surface area (Å²) >= 11 is 1.60. The third-order valence-corrected chi connectivity index (χ3v) is 6.52. The van der Waals surface area contributed by atoms with Crippen LogP contribution >= 0.6 is 11.3 Å². The second kappa shape index (κ2) is 7.99. The minimum atomic E-state index is -0.183. The molecule has 9 heteroatoms. The number of thiophene rings is 1. The number of nitrogens with zero attached hydrogens (tertiary/aromatic N) is 5. The van der Waals surface area contributed by atoms with E-state index in [0.717, 1.165) is 29.1 Å². The molecule has 1 aliphatic rings. The number of benzene rings is 1. The summed E-state index contributed by atoms with van der Waals surface area (Å²) in [5, 5.41) is 13.7. The minimum absolute atomic E-state index is 0.0254. The van der Waals surface area contributed by atoms with Crippen molar-refractivity contribution in [3.8, 4) is 16.3 Å². The first-order chi connectivity index (χ1) is 15.1. The predicted octanol–water partition coefficient (Wildman–Crippen LogP) is 3.04. The van der Waals surface area contributed by atoms with Crippen molar-refractivity contribution < 1.29 is 4.79 Å². The van der Waals surface area contributed by atoms with E-state index in [1.807, 2.05) is 52.7 Å². The highest BCUT2D eigenvalue weighted by molar-refractivity contribution is 7.13. The first-order valence-electron chi connectivity index (χ1n) is 10.2. The van der Waals surface area contributed by atoms with Crippen molar-refractivity contribution in [2.24, 2.45) is 7.05 Å². The fraction of sp³-hybridized carbons (Fsp3) is 0.273. The summed E-state index contributed by atoms with van der Waals surface area (Å²) in [6.45, 7) is 1.17. The Morgan fingerprint density at radius 1 is 1.19 bits per heavy atom. The number of hydrogen-bond acceptors (Lipinski definition) is 5. The number of piperidine rings is 1. The number of hydrogen-bond donors (Lipinski definition) is 1. The second-order valence-electron chi connectivity index (χ2n) is 7.67. The Kier molecular flexibility index (Phi) is 5.03. The molecular formula is C22H22N6O2S. The Morgan fingerprint density at radius 2 is 2.03 bits per heavy atom. The average Bonchev–Trinajstić information content (AvgIpc) is 3.55. The molecular weight excluding hydrogens is 412 g/mol. The molecule has 1 aliphatic heterocycles. The van der Waals surface area contributed by atoms with Gasteiger partial charge in [-0.15, -0.1) is 11.3 Å². The summed E-state index contributed by atoms with van der Waals surface area (Å²) in [4.78, 5) is 28.8. The minimum Gasteiger partial charge on any atom is -0.337 e. The van der Waals surface area contributed by atoms with E-state index in [4.69, 9.17) is 0 Å². The summed E-state index contributed by atoms with van der Waals surface area (Å²) < 4.78 is 3.02. The summed E-state index contributed by atoms with van der Waals surface area (Å²) in [5.74, 6) is 0.563. The molecule has 5 rings (SSSR count). The molecule has 4 aromatic rings. The quantitative estimate of drug-likeness (QED) is 0.535.